The molecule has 10 nitrogen and oxygen atoms in total. The molecule has 2 amide bonds. The van der Waals surface area contributed by atoms with Crippen LogP contribution in [0.4, 0.5) is 9.59 Å². The van der Waals surface area contributed by atoms with Gasteiger partial charge in [-0.25, -0.2) is 9.59 Å². The number of benzene rings is 3. The van der Waals surface area contributed by atoms with E-state index in [2.05, 4.69) is 5.32 Å². The number of likely N-dealkylation sites (tertiary alicyclic amines) is 1. The summed E-state index contributed by atoms with van der Waals surface area (Å²) in [4.78, 5) is 38.5. The van der Waals surface area contributed by atoms with E-state index in [1.165, 1.54) is 0 Å². The average Bonchev–Trinajstić information content (AvgIpc) is 3.04. The Bertz CT molecular complexity index is 1480. The monoisotopic (exact) mass is 644 g/mol. The van der Waals surface area contributed by atoms with Crippen LogP contribution in [0.2, 0.25) is 0 Å². The van der Waals surface area contributed by atoms with Gasteiger partial charge >= 0.3 is 12.2 Å². The van der Waals surface area contributed by atoms with Gasteiger partial charge in [0.2, 0.25) is 0 Å². The number of nitrogens with zero attached hydrogens (tertiary/aromatic N) is 1. The second kappa shape index (κ2) is 15.8. The Kier molecular flexibility index (Phi) is 11.4. The van der Waals surface area contributed by atoms with Crippen LogP contribution in [-0.2, 0) is 25.6 Å². The fourth-order valence-electron chi connectivity index (χ4n) is 5.88. The van der Waals surface area contributed by atoms with Crippen molar-refractivity contribution >= 4 is 18.5 Å². The Morgan fingerprint density at radius 2 is 1.60 bits per heavy atom. The van der Waals surface area contributed by atoms with Crippen molar-refractivity contribution in [3.05, 3.63) is 95.6 Å². The summed E-state index contributed by atoms with van der Waals surface area (Å²) in [5.41, 5.74) is 2.07. The van der Waals surface area contributed by atoms with E-state index in [9.17, 15) is 14.4 Å². The third-order valence-corrected chi connectivity index (χ3v) is 8.02. The van der Waals surface area contributed by atoms with Gasteiger partial charge in [0.05, 0.1) is 25.9 Å². The molecular weight excluding hydrogens is 600 g/mol. The van der Waals surface area contributed by atoms with E-state index < -0.39 is 23.8 Å². The van der Waals surface area contributed by atoms with E-state index in [0.717, 1.165) is 28.7 Å². The first-order valence-electron chi connectivity index (χ1n) is 16.1. The van der Waals surface area contributed by atoms with Crippen molar-refractivity contribution in [3.63, 3.8) is 0 Å². The molecule has 3 aromatic carbocycles. The summed E-state index contributed by atoms with van der Waals surface area (Å²) < 4.78 is 29.3. The summed E-state index contributed by atoms with van der Waals surface area (Å²) in [6.45, 7) is 7.90. The van der Waals surface area contributed by atoms with Crippen LogP contribution < -0.4 is 14.8 Å². The lowest BCUT2D eigenvalue weighted by molar-refractivity contribution is -0.124. The lowest BCUT2D eigenvalue weighted by Crippen LogP contribution is -2.59. The highest BCUT2D eigenvalue weighted by atomic mass is 16.6. The van der Waals surface area contributed by atoms with Gasteiger partial charge in [-0.2, -0.15) is 0 Å². The van der Waals surface area contributed by atoms with Crippen LogP contribution >= 0.6 is 0 Å². The number of piperidine rings is 1. The summed E-state index contributed by atoms with van der Waals surface area (Å²) in [6.07, 6.45) is 0.740. The molecule has 0 aliphatic carbocycles. The summed E-state index contributed by atoms with van der Waals surface area (Å²) in [5, 5.41) is 3.09. The molecule has 10 heteroatoms. The first kappa shape index (κ1) is 33.8. The molecule has 0 radical (unpaired) electrons. The molecular formula is C37H44N2O8. The van der Waals surface area contributed by atoms with Crippen molar-refractivity contribution in [2.24, 2.45) is 11.8 Å². The number of alkyl carbamates (subject to hydrolysis) is 1. The largest absolute Gasteiger partial charge is 0.494 e. The number of rotatable bonds is 12. The number of fused-ring (bicyclic) bond motifs is 2. The molecule has 5 rings (SSSR count). The molecule has 2 fully saturated rings. The van der Waals surface area contributed by atoms with Crippen molar-refractivity contribution in [3.8, 4) is 11.5 Å². The zero-order valence-corrected chi connectivity index (χ0v) is 27.3. The number of aldehydes is 1. The molecule has 3 unspecified atom stereocenters. The van der Waals surface area contributed by atoms with Crippen molar-refractivity contribution < 1.29 is 38.1 Å². The average molecular weight is 645 g/mol. The van der Waals surface area contributed by atoms with Gasteiger partial charge in [-0.3, -0.25) is 0 Å². The first-order valence-corrected chi connectivity index (χ1v) is 16.1. The van der Waals surface area contributed by atoms with Crippen molar-refractivity contribution in [2.45, 2.75) is 58.0 Å². The van der Waals surface area contributed by atoms with Crippen LogP contribution in [-0.4, -0.2) is 68.0 Å². The lowest BCUT2D eigenvalue weighted by Gasteiger charge is -2.46. The topological polar surface area (TPSA) is 113 Å². The molecule has 0 saturated carbocycles. The molecule has 1 N–H and O–H groups in total. The van der Waals surface area contributed by atoms with E-state index in [1.54, 1.807) is 4.90 Å². The van der Waals surface area contributed by atoms with Crippen molar-refractivity contribution in [1.82, 2.24) is 10.2 Å². The highest BCUT2D eigenvalue weighted by Gasteiger charge is 2.45. The molecule has 0 spiro atoms. The van der Waals surface area contributed by atoms with Gasteiger partial charge in [-0.15, -0.1) is 0 Å². The maximum atomic E-state index is 13.5. The fourth-order valence-corrected chi connectivity index (χ4v) is 5.88. The lowest BCUT2D eigenvalue weighted by atomic mass is 9.85. The molecule has 3 atom stereocenters. The molecule has 3 aromatic rings. The Hall–Kier alpha value is -4.57. The van der Waals surface area contributed by atoms with E-state index in [4.69, 9.17) is 23.7 Å². The quantitative estimate of drug-likeness (QED) is 0.180. The van der Waals surface area contributed by atoms with Crippen LogP contribution in [0.5, 0.6) is 11.5 Å². The number of carbonyl (C=O) groups is 3. The Morgan fingerprint density at radius 1 is 0.915 bits per heavy atom. The maximum absolute atomic E-state index is 13.5. The van der Waals surface area contributed by atoms with Crippen LogP contribution in [0.25, 0.3) is 0 Å². The number of hydrogen-bond donors (Lipinski definition) is 1. The molecule has 250 valence electrons. The zero-order chi connectivity index (χ0) is 33.2. The van der Waals surface area contributed by atoms with E-state index in [0.29, 0.717) is 58.1 Å². The minimum Gasteiger partial charge on any atom is -0.494 e. The van der Waals surface area contributed by atoms with Gasteiger partial charge in [0.25, 0.3) is 0 Å². The van der Waals surface area contributed by atoms with E-state index in [1.807, 2.05) is 99.6 Å². The second-order valence-corrected chi connectivity index (χ2v) is 13.0. The van der Waals surface area contributed by atoms with Gasteiger partial charge in [0.1, 0.15) is 36.1 Å². The zero-order valence-electron chi connectivity index (χ0n) is 27.3. The molecule has 2 bridgehead atoms. The highest BCUT2D eigenvalue weighted by Crippen LogP contribution is 2.32. The normalized spacial score (nSPS) is 19.6. The molecule has 2 aliphatic rings. The van der Waals surface area contributed by atoms with Crippen LogP contribution in [0.3, 0.4) is 0 Å². The Labute approximate surface area is 276 Å². The minimum atomic E-state index is -0.594. The molecule has 0 aromatic heterocycles. The highest BCUT2D eigenvalue weighted by molar-refractivity contribution is 5.70. The maximum Gasteiger partial charge on any atom is 0.410 e. The number of ether oxygens (including phenoxy) is 5. The predicted octanol–water partition coefficient (Wildman–Crippen LogP) is 6.32. The molecule has 2 aliphatic heterocycles. The Balaban J connectivity index is 1.24. The minimum absolute atomic E-state index is 0.159. The van der Waals surface area contributed by atoms with Gasteiger partial charge in [-0.1, -0.05) is 54.6 Å². The van der Waals surface area contributed by atoms with E-state index >= 15 is 0 Å². The molecule has 2 saturated heterocycles. The summed E-state index contributed by atoms with van der Waals surface area (Å²) in [7, 11) is 0. The van der Waals surface area contributed by atoms with Crippen LogP contribution in [0, 0.1) is 11.8 Å². The third kappa shape index (κ3) is 9.71. The first-order chi connectivity index (χ1) is 22.7. The number of unbranched alkanes of at least 4 members (excludes halogenated alkanes) is 1. The van der Waals surface area contributed by atoms with Gasteiger partial charge in [0, 0.05) is 31.3 Å². The van der Waals surface area contributed by atoms with Crippen LogP contribution in [0.1, 0.15) is 56.3 Å². The van der Waals surface area contributed by atoms with Gasteiger partial charge in [0.15, 0.2) is 0 Å². The van der Waals surface area contributed by atoms with Crippen LogP contribution in [0.15, 0.2) is 78.9 Å². The van der Waals surface area contributed by atoms with Crippen molar-refractivity contribution in [2.75, 3.05) is 32.9 Å². The smallest absolute Gasteiger partial charge is 0.410 e. The number of hydrogen-bond acceptors (Lipinski definition) is 8. The number of nitrogens with one attached hydrogen (secondary N) is 1. The van der Waals surface area contributed by atoms with Gasteiger partial charge < -0.3 is 38.7 Å². The van der Waals surface area contributed by atoms with Gasteiger partial charge in [-0.05, 0) is 68.1 Å². The summed E-state index contributed by atoms with van der Waals surface area (Å²) >= 11 is 0. The number of amides is 2. The second-order valence-electron chi connectivity index (χ2n) is 13.0. The standard InChI is InChI=1S/C37H44N2O8/c1-37(2,3)47-36(42)39-21-29-24-43-25-30(22-39)34(29)46-35(41)38-33(27-12-5-4-6-13-27)28-14-10-16-32(20-28)45-23-26-11-9-15-31(19-26)44-18-8-7-17-40/h4-6,9-17,19-20,29-30,33-34H,7-8,18,21-25H2,1-3H3,(H,38,41). The Morgan fingerprint density at radius 3 is 2.30 bits per heavy atom. The predicted molar refractivity (Wildman–Crippen MR) is 175 cm³/mol. The molecule has 2 heterocycles. The molecule has 47 heavy (non-hydrogen) atoms. The fraction of sp³-hybridized carbons (Fsp3) is 0.432. The van der Waals surface area contributed by atoms with Crippen molar-refractivity contribution in [1.29, 1.82) is 0 Å². The summed E-state index contributed by atoms with van der Waals surface area (Å²) in [5.74, 6) is 1.06. The number of carbonyl (C=O) groups excluding carboxylic acids is 3. The summed E-state index contributed by atoms with van der Waals surface area (Å²) in [6, 6.07) is 24.5. The SMILES string of the molecule is CC(C)(C)OC(=O)N1CC2COCC(C1)C2OC(=O)NC(c1ccccc1)c1cccc(OCc2cccc(OCCCC=O)c2)c1. The third-order valence-electron chi connectivity index (χ3n) is 8.02. The van der Waals surface area contributed by atoms with E-state index in [-0.39, 0.29) is 17.9 Å².